The molecule has 4 heteroatoms. The van der Waals surface area contributed by atoms with Gasteiger partial charge in [-0.1, -0.05) is 12.1 Å². The summed E-state index contributed by atoms with van der Waals surface area (Å²) in [5.74, 6) is 0.0651. The van der Waals surface area contributed by atoms with Gasteiger partial charge in [0.15, 0.2) is 5.78 Å². The molecule has 1 fully saturated rings. The van der Waals surface area contributed by atoms with Crippen molar-refractivity contribution in [1.82, 2.24) is 5.32 Å². The van der Waals surface area contributed by atoms with Crippen molar-refractivity contribution in [3.05, 3.63) is 29.8 Å². The van der Waals surface area contributed by atoms with Crippen LogP contribution in [0.3, 0.4) is 0 Å². The minimum absolute atomic E-state index is 0.00336. The van der Waals surface area contributed by atoms with E-state index < -0.39 is 0 Å². The highest BCUT2D eigenvalue weighted by atomic mass is 16.2. The number of anilines is 1. The Bertz CT molecular complexity index is 437. The molecule has 17 heavy (non-hydrogen) atoms. The van der Waals surface area contributed by atoms with Crippen molar-refractivity contribution in [1.29, 1.82) is 0 Å². The van der Waals surface area contributed by atoms with Gasteiger partial charge in [0, 0.05) is 17.8 Å². The molecule has 4 nitrogen and oxygen atoms in total. The molecule has 0 aliphatic carbocycles. The lowest BCUT2D eigenvalue weighted by Crippen LogP contribution is -2.24. The third-order valence-electron chi connectivity index (χ3n) is 2.97. The Morgan fingerprint density at radius 2 is 2.24 bits per heavy atom. The van der Waals surface area contributed by atoms with E-state index in [1.165, 1.54) is 6.92 Å². The maximum atomic E-state index is 11.9. The van der Waals surface area contributed by atoms with Crippen molar-refractivity contribution >= 4 is 17.4 Å². The van der Waals surface area contributed by atoms with E-state index >= 15 is 0 Å². The Morgan fingerprint density at radius 3 is 2.88 bits per heavy atom. The number of rotatable bonds is 3. The van der Waals surface area contributed by atoms with E-state index in [1.807, 2.05) is 0 Å². The molecule has 0 spiro atoms. The van der Waals surface area contributed by atoms with Crippen LogP contribution in [0.25, 0.3) is 0 Å². The molecule has 1 atom stereocenters. The van der Waals surface area contributed by atoms with E-state index in [0.717, 1.165) is 19.5 Å². The Morgan fingerprint density at radius 1 is 1.41 bits per heavy atom. The lowest BCUT2D eigenvalue weighted by molar-refractivity contribution is -0.119. The molecule has 2 rings (SSSR count). The molecule has 1 aliphatic heterocycles. The van der Waals surface area contributed by atoms with Gasteiger partial charge >= 0.3 is 0 Å². The highest BCUT2D eigenvalue weighted by Gasteiger charge is 2.22. The van der Waals surface area contributed by atoms with Crippen LogP contribution in [0.2, 0.25) is 0 Å². The van der Waals surface area contributed by atoms with Crippen LogP contribution in [0.5, 0.6) is 0 Å². The van der Waals surface area contributed by atoms with Gasteiger partial charge < -0.3 is 10.6 Å². The lowest BCUT2D eigenvalue weighted by atomic mass is 10.1. The maximum absolute atomic E-state index is 11.9. The van der Waals surface area contributed by atoms with E-state index in [4.69, 9.17) is 0 Å². The first-order valence-corrected chi connectivity index (χ1v) is 5.79. The van der Waals surface area contributed by atoms with Crippen molar-refractivity contribution in [2.45, 2.75) is 13.3 Å². The first-order chi connectivity index (χ1) is 8.16. The van der Waals surface area contributed by atoms with Gasteiger partial charge in [-0.15, -0.1) is 0 Å². The molecule has 0 bridgehead atoms. The van der Waals surface area contributed by atoms with Gasteiger partial charge in [-0.25, -0.2) is 0 Å². The number of Topliss-reactive ketones (excluding diaryl/α,β-unsaturated/α-hetero) is 1. The van der Waals surface area contributed by atoms with Gasteiger partial charge in [0.25, 0.3) is 0 Å². The standard InChI is InChI=1S/C13H16N2O2/c1-9(16)10-3-2-4-12(7-10)15-13(17)11-5-6-14-8-11/h2-4,7,11,14H,5-6,8H2,1H3,(H,15,17). The fraction of sp³-hybridized carbons (Fsp3) is 0.385. The highest BCUT2D eigenvalue weighted by molar-refractivity contribution is 5.97. The number of carbonyl (C=O) groups excluding carboxylic acids is 2. The van der Waals surface area contributed by atoms with Gasteiger partial charge in [-0.3, -0.25) is 9.59 Å². The number of hydrogen-bond donors (Lipinski definition) is 2. The van der Waals surface area contributed by atoms with E-state index in [1.54, 1.807) is 24.3 Å². The molecule has 1 heterocycles. The monoisotopic (exact) mass is 232 g/mol. The molecule has 1 saturated heterocycles. The molecule has 1 aromatic carbocycles. The maximum Gasteiger partial charge on any atom is 0.228 e. The van der Waals surface area contributed by atoms with Gasteiger partial charge in [-0.05, 0) is 32.0 Å². The molecule has 90 valence electrons. The molecule has 1 unspecified atom stereocenters. The van der Waals surface area contributed by atoms with E-state index in [2.05, 4.69) is 10.6 Å². The van der Waals surface area contributed by atoms with Gasteiger partial charge in [0.05, 0.1) is 5.92 Å². The fourth-order valence-electron chi connectivity index (χ4n) is 1.94. The van der Waals surface area contributed by atoms with Crippen LogP contribution < -0.4 is 10.6 Å². The summed E-state index contributed by atoms with van der Waals surface area (Å²) in [6.07, 6.45) is 0.873. The van der Waals surface area contributed by atoms with Crippen LogP contribution >= 0.6 is 0 Å². The van der Waals surface area contributed by atoms with Crippen LogP contribution in [-0.2, 0) is 4.79 Å². The van der Waals surface area contributed by atoms with Crippen molar-refractivity contribution in [3.8, 4) is 0 Å². The zero-order valence-electron chi connectivity index (χ0n) is 9.82. The third-order valence-corrected chi connectivity index (χ3v) is 2.97. The fourth-order valence-corrected chi connectivity index (χ4v) is 1.94. The summed E-state index contributed by atoms with van der Waals surface area (Å²) in [6.45, 7) is 3.14. The second kappa shape index (κ2) is 5.10. The third kappa shape index (κ3) is 2.91. The number of ketones is 1. The van der Waals surface area contributed by atoms with E-state index in [-0.39, 0.29) is 17.6 Å². The summed E-state index contributed by atoms with van der Waals surface area (Å²) in [5, 5.41) is 6.00. The lowest BCUT2D eigenvalue weighted by Gasteiger charge is -2.10. The number of amides is 1. The van der Waals surface area contributed by atoms with Crippen LogP contribution in [0.4, 0.5) is 5.69 Å². The normalized spacial score (nSPS) is 19.0. The molecule has 0 saturated carbocycles. The Kier molecular flexibility index (Phi) is 3.54. The Balaban J connectivity index is 2.05. The molecule has 2 N–H and O–H groups in total. The summed E-state index contributed by atoms with van der Waals surface area (Å²) in [6, 6.07) is 7.03. The first-order valence-electron chi connectivity index (χ1n) is 5.79. The quantitative estimate of drug-likeness (QED) is 0.775. The van der Waals surface area contributed by atoms with E-state index in [0.29, 0.717) is 11.3 Å². The molecular weight excluding hydrogens is 216 g/mol. The SMILES string of the molecule is CC(=O)c1cccc(NC(=O)C2CCNC2)c1. The van der Waals surface area contributed by atoms with Crippen LogP contribution in [-0.4, -0.2) is 24.8 Å². The predicted molar refractivity (Wildman–Crippen MR) is 66.1 cm³/mol. The predicted octanol–water partition coefficient (Wildman–Crippen LogP) is 1.44. The second-order valence-electron chi connectivity index (χ2n) is 4.32. The average molecular weight is 232 g/mol. The number of carbonyl (C=O) groups is 2. The van der Waals surface area contributed by atoms with Gasteiger partial charge in [0.2, 0.25) is 5.91 Å². The zero-order valence-corrected chi connectivity index (χ0v) is 9.82. The zero-order chi connectivity index (χ0) is 12.3. The number of hydrogen-bond acceptors (Lipinski definition) is 3. The van der Waals surface area contributed by atoms with Crippen LogP contribution in [0.1, 0.15) is 23.7 Å². The molecule has 1 aromatic rings. The topological polar surface area (TPSA) is 58.2 Å². The Labute approximate surface area is 100 Å². The first kappa shape index (κ1) is 11.8. The average Bonchev–Trinajstić information content (AvgIpc) is 2.82. The smallest absolute Gasteiger partial charge is 0.228 e. The van der Waals surface area contributed by atoms with Gasteiger partial charge in [-0.2, -0.15) is 0 Å². The van der Waals surface area contributed by atoms with Crippen molar-refractivity contribution in [2.24, 2.45) is 5.92 Å². The summed E-state index contributed by atoms with van der Waals surface area (Å²) < 4.78 is 0. The van der Waals surface area contributed by atoms with Crippen LogP contribution in [0, 0.1) is 5.92 Å². The second-order valence-corrected chi connectivity index (χ2v) is 4.32. The molecule has 1 amide bonds. The molecular formula is C13H16N2O2. The summed E-state index contributed by atoms with van der Waals surface area (Å²) in [7, 11) is 0. The minimum Gasteiger partial charge on any atom is -0.326 e. The molecule has 1 aliphatic rings. The largest absolute Gasteiger partial charge is 0.326 e. The summed E-state index contributed by atoms with van der Waals surface area (Å²) in [4.78, 5) is 23.1. The molecule has 0 aromatic heterocycles. The summed E-state index contributed by atoms with van der Waals surface area (Å²) in [5.41, 5.74) is 1.31. The highest BCUT2D eigenvalue weighted by Crippen LogP contribution is 2.15. The van der Waals surface area contributed by atoms with Crippen LogP contribution in [0.15, 0.2) is 24.3 Å². The number of benzene rings is 1. The van der Waals surface area contributed by atoms with Crippen molar-refractivity contribution < 1.29 is 9.59 Å². The van der Waals surface area contributed by atoms with E-state index in [9.17, 15) is 9.59 Å². The van der Waals surface area contributed by atoms with Crippen molar-refractivity contribution in [3.63, 3.8) is 0 Å². The molecule has 0 radical (unpaired) electrons. The summed E-state index contributed by atoms with van der Waals surface area (Å²) >= 11 is 0. The Hall–Kier alpha value is -1.68. The minimum atomic E-state index is 0.00336. The van der Waals surface area contributed by atoms with Crippen molar-refractivity contribution in [2.75, 3.05) is 18.4 Å². The van der Waals surface area contributed by atoms with Gasteiger partial charge in [0.1, 0.15) is 0 Å². The number of nitrogens with one attached hydrogen (secondary N) is 2.